The second-order valence-electron chi connectivity index (χ2n) is 5.52. The predicted molar refractivity (Wildman–Crippen MR) is 85.9 cm³/mol. The van der Waals surface area contributed by atoms with E-state index in [1.54, 1.807) is 7.11 Å². The van der Waals surface area contributed by atoms with Crippen molar-refractivity contribution in [2.24, 2.45) is 0 Å². The van der Waals surface area contributed by atoms with E-state index in [4.69, 9.17) is 9.47 Å². The minimum atomic E-state index is 0.0526. The smallest absolute Gasteiger partial charge is 0.248 e. The molecule has 1 aromatic rings. The van der Waals surface area contributed by atoms with Gasteiger partial charge >= 0.3 is 0 Å². The highest BCUT2D eigenvalue weighted by molar-refractivity contribution is 5.77. The van der Waals surface area contributed by atoms with Gasteiger partial charge in [0.05, 0.1) is 13.2 Å². The molecule has 122 valence electrons. The third-order valence-electron chi connectivity index (χ3n) is 4.00. The first-order chi connectivity index (χ1) is 10.7. The second-order valence-corrected chi connectivity index (χ2v) is 5.52. The Bertz CT molecular complexity index is 455. The monoisotopic (exact) mass is 306 g/mol. The lowest BCUT2D eigenvalue weighted by atomic mass is 10.1. The topological polar surface area (TPSA) is 50.8 Å². The molecule has 1 aliphatic rings. The third kappa shape index (κ3) is 5.00. The normalized spacial score (nSPS) is 15.5. The van der Waals surface area contributed by atoms with Gasteiger partial charge in [0.15, 0.2) is 0 Å². The van der Waals surface area contributed by atoms with Crippen LogP contribution in [0.5, 0.6) is 5.75 Å². The van der Waals surface area contributed by atoms with Crippen molar-refractivity contribution in [2.75, 3.05) is 33.4 Å². The SMILES string of the molecule is CCN(Cc1ccc(OC)cc1)C(=O)COC1CCNCC1. The quantitative estimate of drug-likeness (QED) is 0.835. The molecule has 2 rings (SSSR count). The molecule has 0 aromatic heterocycles. The van der Waals surface area contributed by atoms with Crippen LogP contribution in [0, 0.1) is 0 Å². The van der Waals surface area contributed by atoms with E-state index in [0.29, 0.717) is 13.1 Å². The van der Waals surface area contributed by atoms with Crippen molar-refractivity contribution in [1.29, 1.82) is 0 Å². The van der Waals surface area contributed by atoms with Crippen LogP contribution in [0.25, 0.3) is 0 Å². The van der Waals surface area contributed by atoms with E-state index >= 15 is 0 Å². The molecule has 1 amide bonds. The van der Waals surface area contributed by atoms with Gasteiger partial charge in [0.1, 0.15) is 12.4 Å². The highest BCUT2D eigenvalue weighted by Gasteiger charge is 2.17. The first kappa shape index (κ1) is 16.8. The number of benzene rings is 1. The van der Waals surface area contributed by atoms with Gasteiger partial charge in [-0.2, -0.15) is 0 Å². The van der Waals surface area contributed by atoms with E-state index in [0.717, 1.165) is 37.2 Å². The van der Waals surface area contributed by atoms with Crippen LogP contribution in [-0.4, -0.2) is 50.3 Å². The van der Waals surface area contributed by atoms with Crippen LogP contribution >= 0.6 is 0 Å². The number of nitrogens with one attached hydrogen (secondary N) is 1. The number of amides is 1. The van der Waals surface area contributed by atoms with Crippen molar-refractivity contribution < 1.29 is 14.3 Å². The molecular formula is C17H26N2O3. The second kappa shape index (κ2) is 8.76. The zero-order chi connectivity index (χ0) is 15.8. The molecule has 5 heteroatoms. The van der Waals surface area contributed by atoms with Gasteiger partial charge < -0.3 is 19.7 Å². The number of rotatable bonds is 7. The molecule has 0 unspecified atom stereocenters. The van der Waals surface area contributed by atoms with Crippen LogP contribution in [0.2, 0.25) is 0 Å². The van der Waals surface area contributed by atoms with Crippen LogP contribution in [0.15, 0.2) is 24.3 Å². The Balaban J connectivity index is 1.82. The molecule has 0 spiro atoms. The molecule has 1 aliphatic heterocycles. The van der Waals surface area contributed by atoms with Crippen LogP contribution < -0.4 is 10.1 Å². The van der Waals surface area contributed by atoms with E-state index in [1.807, 2.05) is 36.1 Å². The highest BCUT2D eigenvalue weighted by atomic mass is 16.5. The molecule has 0 saturated carbocycles. The average Bonchev–Trinajstić information content (AvgIpc) is 2.59. The van der Waals surface area contributed by atoms with Crippen molar-refractivity contribution in [3.8, 4) is 5.75 Å². The van der Waals surface area contributed by atoms with Gasteiger partial charge in [-0.15, -0.1) is 0 Å². The van der Waals surface area contributed by atoms with Crippen LogP contribution in [0.4, 0.5) is 0 Å². The summed E-state index contributed by atoms with van der Waals surface area (Å²) in [7, 11) is 1.65. The fourth-order valence-electron chi connectivity index (χ4n) is 2.57. The number of carbonyl (C=O) groups excluding carboxylic acids is 1. The minimum absolute atomic E-state index is 0.0526. The van der Waals surface area contributed by atoms with E-state index in [1.165, 1.54) is 0 Å². The summed E-state index contributed by atoms with van der Waals surface area (Å²) in [4.78, 5) is 14.1. The van der Waals surface area contributed by atoms with Gasteiger partial charge in [0.2, 0.25) is 5.91 Å². The first-order valence-electron chi connectivity index (χ1n) is 7.96. The number of carbonyl (C=O) groups is 1. The molecule has 1 aromatic carbocycles. The standard InChI is InChI=1S/C17H26N2O3/c1-3-19(12-14-4-6-15(21-2)7-5-14)17(20)13-22-16-8-10-18-11-9-16/h4-7,16,18H,3,8-13H2,1-2H3. The van der Waals surface area contributed by atoms with E-state index in [9.17, 15) is 4.79 Å². The van der Waals surface area contributed by atoms with Gasteiger partial charge in [0.25, 0.3) is 0 Å². The molecule has 0 atom stereocenters. The van der Waals surface area contributed by atoms with Gasteiger partial charge in [0, 0.05) is 13.1 Å². The summed E-state index contributed by atoms with van der Waals surface area (Å²) in [6.07, 6.45) is 2.18. The van der Waals surface area contributed by atoms with Crippen LogP contribution in [0.1, 0.15) is 25.3 Å². The molecule has 5 nitrogen and oxygen atoms in total. The summed E-state index contributed by atoms with van der Waals surface area (Å²) in [5, 5.41) is 3.29. The molecule has 22 heavy (non-hydrogen) atoms. The molecule has 0 radical (unpaired) electrons. The summed E-state index contributed by atoms with van der Waals surface area (Å²) >= 11 is 0. The number of piperidine rings is 1. The molecule has 0 bridgehead atoms. The summed E-state index contributed by atoms with van der Waals surface area (Å²) in [6, 6.07) is 7.81. The lowest BCUT2D eigenvalue weighted by Gasteiger charge is -2.25. The average molecular weight is 306 g/mol. The fourth-order valence-corrected chi connectivity index (χ4v) is 2.57. The van der Waals surface area contributed by atoms with Crippen molar-refractivity contribution in [3.05, 3.63) is 29.8 Å². The Hall–Kier alpha value is -1.59. The van der Waals surface area contributed by atoms with Crippen molar-refractivity contribution in [2.45, 2.75) is 32.4 Å². The number of likely N-dealkylation sites (N-methyl/N-ethyl adjacent to an activating group) is 1. The summed E-state index contributed by atoms with van der Waals surface area (Å²) in [5.74, 6) is 0.879. The van der Waals surface area contributed by atoms with Gasteiger partial charge in [-0.3, -0.25) is 4.79 Å². The largest absolute Gasteiger partial charge is 0.497 e. The van der Waals surface area contributed by atoms with Gasteiger partial charge in [-0.05, 0) is 50.6 Å². The van der Waals surface area contributed by atoms with Crippen molar-refractivity contribution in [3.63, 3.8) is 0 Å². The van der Waals surface area contributed by atoms with Crippen LogP contribution in [0.3, 0.4) is 0 Å². The van der Waals surface area contributed by atoms with Crippen molar-refractivity contribution >= 4 is 5.91 Å². The Kier molecular flexibility index (Phi) is 6.68. The van der Waals surface area contributed by atoms with Crippen LogP contribution in [-0.2, 0) is 16.1 Å². The zero-order valence-electron chi connectivity index (χ0n) is 13.5. The Morgan fingerprint density at radius 1 is 1.27 bits per heavy atom. The summed E-state index contributed by atoms with van der Waals surface area (Å²) in [5.41, 5.74) is 1.10. The minimum Gasteiger partial charge on any atom is -0.497 e. The Morgan fingerprint density at radius 2 is 1.95 bits per heavy atom. The lowest BCUT2D eigenvalue weighted by Crippen LogP contribution is -2.37. The van der Waals surface area contributed by atoms with Gasteiger partial charge in [-0.1, -0.05) is 12.1 Å². The first-order valence-corrected chi connectivity index (χ1v) is 7.96. The number of ether oxygens (including phenoxy) is 2. The molecule has 0 aliphatic carbocycles. The maximum Gasteiger partial charge on any atom is 0.248 e. The summed E-state index contributed by atoms with van der Waals surface area (Å²) in [6.45, 7) is 5.40. The van der Waals surface area contributed by atoms with E-state index in [2.05, 4.69) is 5.32 Å². The third-order valence-corrected chi connectivity index (χ3v) is 4.00. The maximum atomic E-state index is 12.3. The van der Waals surface area contributed by atoms with Crippen molar-refractivity contribution in [1.82, 2.24) is 10.2 Å². The zero-order valence-corrected chi connectivity index (χ0v) is 13.5. The highest BCUT2D eigenvalue weighted by Crippen LogP contribution is 2.13. The number of hydrogen-bond acceptors (Lipinski definition) is 4. The maximum absolute atomic E-state index is 12.3. The summed E-state index contributed by atoms with van der Waals surface area (Å²) < 4.78 is 10.9. The van der Waals surface area contributed by atoms with E-state index in [-0.39, 0.29) is 18.6 Å². The predicted octanol–water partition coefficient (Wildman–Crippen LogP) is 1.81. The van der Waals surface area contributed by atoms with Gasteiger partial charge in [-0.25, -0.2) is 0 Å². The molecule has 1 N–H and O–H groups in total. The Morgan fingerprint density at radius 3 is 2.55 bits per heavy atom. The lowest BCUT2D eigenvalue weighted by molar-refractivity contribution is -0.139. The number of hydrogen-bond donors (Lipinski definition) is 1. The molecular weight excluding hydrogens is 280 g/mol. The molecule has 1 saturated heterocycles. The number of nitrogens with zero attached hydrogens (tertiary/aromatic N) is 1. The van der Waals surface area contributed by atoms with E-state index < -0.39 is 0 Å². The molecule has 1 heterocycles. The fraction of sp³-hybridized carbons (Fsp3) is 0.588. The Labute approximate surface area is 132 Å². The number of methoxy groups -OCH3 is 1. The molecule has 1 fully saturated rings.